The first-order chi connectivity index (χ1) is 8.71. The normalized spacial score (nSPS) is 25.1. The van der Waals surface area contributed by atoms with Gasteiger partial charge in [0.1, 0.15) is 0 Å². The van der Waals surface area contributed by atoms with Gasteiger partial charge in [0.2, 0.25) is 5.91 Å². The summed E-state index contributed by atoms with van der Waals surface area (Å²) in [5.74, 6) is 0.498. The van der Waals surface area contributed by atoms with Crippen molar-refractivity contribution in [1.29, 1.82) is 0 Å². The third-order valence-electron chi connectivity index (χ3n) is 4.37. The molecule has 1 aromatic rings. The number of amides is 1. The van der Waals surface area contributed by atoms with Crippen molar-refractivity contribution < 1.29 is 4.79 Å². The van der Waals surface area contributed by atoms with Crippen molar-refractivity contribution >= 4 is 17.2 Å². The van der Waals surface area contributed by atoms with Crippen molar-refractivity contribution in [3.8, 4) is 0 Å². The largest absolute Gasteiger partial charge is 0.351 e. The lowest BCUT2D eigenvalue weighted by molar-refractivity contribution is -0.123. The minimum absolute atomic E-state index is 0.240. The molecule has 0 bridgehead atoms. The number of hydrogen-bond donors (Lipinski definition) is 2. The number of thiazole rings is 1. The molecule has 1 saturated heterocycles. The molecule has 1 aliphatic heterocycles. The molecule has 3 rings (SSSR count). The number of aromatic nitrogens is 1. The summed E-state index contributed by atoms with van der Waals surface area (Å²) in [7, 11) is 0. The fourth-order valence-corrected chi connectivity index (χ4v) is 3.70. The van der Waals surface area contributed by atoms with Gasteiger partial charge < -0.3 is 10.6 Å². The Kier molecular flexibility index (Phi) is 3.11. The highest BCUT2D eigenvalue weighted by Gasteiger charge is 2.57. The van der Waals surface area contributed by atoms with E-state index in [1.807, 2.05) is 12.4 Å². The van der Waals surface area contributed by atoms with Gasteiger partial charge in [0.15, 0.2) is 0 Å². The van der Waals surface area contributed by atoms with Crippen LogP contribution < -0.4 is 10.6 Å². The van der Waals surface area contributed by atoms with Crippen molar-refractivity contribution in [3.63, 3.8) is 0 Å². The highest BCUT2D eigenvalue weighted by molar-refractivity contribution is 7.09. The number of piperidine rings is 1. The zero-order chi connectivity index (χ0) is 12.6. The molecule has 1 spiro atoms. The SMILES string of the molecule is Cc1ncsc1CNC(=O)C1CC12CCNCC2. The highest BCUT2D eigenvalue weighted by Crippen LogP contribution is 2.58. The summed E-state index contributed by atoms with van der Waals surface area (Å²) in [6.07, 6.45) is 3.40. The van der Waals surface area contributed by atoms with Crippen LogP contribution >= 0.6 is 11.3 Å². The lowest BCUT2D eigenvalue weighted by atomic mass is 9.92. The Morgan fingerprint density at radius 1 is 1.61 bits per heavy atom. The van der Waals surface area contributed by atoms with Crippen molar-refractivity contribution in [3.05, 3.63) is 16.1 Å². The van der Waals surface area contributed by atoms with Crippen molar-refractivity contribution in [2.45, 2.75) is 32.7 Å². The standard InChI is InChI=1S/C13H19N3OS/c1-9-11(18-8-16-9)7-15-12(17)10-6-13(10)2-4-14-5-3-13/h8,10,14H,2-7H2,1H3,(H,15,17). The van der Waals surface area contributed by atoms with E-state index in [0.717, 1.165) is 38.0 Å². The minimum Gasteiger partial charge on any atom is -0.351 e. The Hall–Kier alpha value is -0.940. The van der Waals surface area contributed by atoms with E-state index < -0.39 is 0 Å². The van der Waals surface area contributed by atoms with Crippen LogP contribution in [0.4, 0.5) is 0 Å². The number of aryl methyl sites for hydroxylation is 1. The molecular weight excluding hydrogens is 246 g/mol. The van der Waals surface area contributed by atoms with Crippen LogP contribution in [0.1, 0.15) is 29.8 Å². The molecule has 18 heavy (non-hydrogen) atoms. The lowest BCUT2D eigenvalue weighted by Gasteiger charge is -2.23. The topological polar surface area (TPSA) is 54.0 Å². The molecule has 0 radical (unpaired) electrons. The fourth-order valence-electron chi connectivity index (χ4n) is 2.98. The van der Waals surface area contributed by atoms with Crippen molar-refractivity contribution in [1.82, 2.24) is 15.6 Å². The van der Waals surface area contributed by atoms with Crippen LogP contribution in [0.5, 0.6) is 0 Å². The molecule has 4 nitrogen and oxygen atoms in total. The number of hydrogen-bond acceptors (Lipinski definition) is 4. The highest BCUT2D eigenvalue weighted by atomic mass is 32.1. The number of rotatable bonds is 3. The zero-order valence-corrected chi connectivity index (χ0v) is 11.5. The first-order valence-electron chi connectivity index (χ1n) is 6.59. The molecule has 1 unspecified atom stereocenters. The second-order valence-corrected chi connectivity index (χ2v) is 6.39. The molecule has 1 aliphatic carbocycles. The van der Waals surface area contributed by atoms with E-state index in [9.17, 15) is 4.79 Å². The third-order valence-corrected chi connectivity index (χ3v) is 5.31. The summed E-state index contributed by atoms with van der Waals surface area (Å²) in [6, 6.07) is 0. The second-order valence-electron chi connectivity index (χ2n) is 5.45. The number of carbonyl (C=O) groups excluding carboxylic acids is 1. The quantitative estimate of drug-likeness (QED) is 0.870. The summed E-state index contributed by atoms with van der Waals surface area (Å²) in [5.41, 5.74) is 3.20. The van der Waals surface area contributed by atoms with Crippen LogP contribution in [-0.4, -0.2) is 24.0 Å². The summed E-state index contributed by atoms with van der Waals surface area (Å²) in [5, 5.41) is 6.43. The maximum absolute atomic E-state index is 12.1. The van der Waals surface area contributed by atoms with Crippen LogP contribution in [0.2, 0.25) is 0 Å². The van der Waals surface area contributed by atoms with Gasteiger partial charge in [-0.1, -0.05) is 0 Å². The van der Waals surface area contributed by atoms with Crippen LogP contribution in [0.3, 0.4) is 0 Å². The van der Waals surface area contributed by atoms with Gasteiger partial charge in [-0.25, -0.2) is 4.98 Å². The Bertz CT molecular complexity index is 451. The molecular formula is C13H19N3OS. The van der Waals surface area contributed by atoms with Crippen LogP contribution in [0.25, 0.3) is 0 Å². The number of nitrogens with one attached hydrogen (secondary N) is 2. The first-order valence-corrected chi connectivity index (χ1v) is 7.47. The van der Waals surface area contributed by atoms with E-state index >= 15 is 0 Å². The summed E-state index contributed by atoms with van der Waals surface area (Å²) >= 11 is 1.61. The van der Waals surface area contributed by atoms with Gasteiger partial charge >= 0.3 is 0 Å². The van der Waals surface area contributed by atoms with Crippen molar-refractivity contribution in [2.24, 2.45) is 11.3 Å². The van der Waals surface area contributed by atoms with Crippen molar-refractivity contribution in [2.75, 3.05) is 13.1 Å². The summed E-state index contributed by atoms with van der Waals surface area (Å²) < 4.78 is 0. The van der Waals surface area contributed by atoms with E-state index in [1.54, 1.807) is 11.3 Å². The van der Waals surface area contributed by atoms with Gasteiger partial charge in [-0.3, -0.25) is 4.79 Å². The van der Waals surface area contributed by atoms with Gasteiger partial charge in [-0.05, 0) is 44.7 Å². The van der Waals surface area contributed by atoms with Gasteiger partial charge in [-0.15, -0.1) is 11.3 Å². The predicted molar refractivity (Wildman–Crippen MR) is 71.3 cm³/mol. The molecule has 2 N–H and O–H groups in total. The molecule has 2 aliphatic rings. The fraction of sp³-hybridized carbons (Fsp3) is 0.692. The molecule has 0 aromatic carbocycles. The van der Waals surface area contributed by atoms with Gasteiger partial charge in [0.05, 0.1) is 17.7 Å². The Morgan fingerprint density at radius 2 is 2.39 bits per heavy atom. The molecule has 98 valence electrons. The predicted octanol–water partition coefficient (Wildman–Crippen LogP) is 1.46. The molecule has 1 amide bonds. The second kappa shape index (κ2) is 4.63. The maximum Gasteiger partial charge on any atom is 0.223 e. The zero-order valence-electron chi connectivity index (χ0n) is 10.7. The minimum atomic E-state index is 0.240. The maximum atomic E-state index is 12.1. The Balaban J connectivity index is 1.53. The molecule has 1 saturated carbocycles. The first kappa shape index (κ1) is 12.1. The number of nitrogens with zero attached hydrogens (tertiary/aromatic N) is 1. The van der Waals surface area contributed by atoms with Gasteiger partial charge in [0, 0.05) is 10.8 Å². The lowest BCUT2D eigenvalue weighted by Crippen LogP contribution is -2.33. The van der Waals surface area contributed by atoms with E-state index in [2.05, 4.69) is 15.6 Å². The van der Waals surface area contributed by atoms with E-state index in [0.29, 0.717) is 12.0 Å². The molecule has 2 heterocycles. The molecule has 2 fully saturated rings. The average Bonchev–Trinajstić information content (AvgIpc) is 2.90. The summed E-state index contributed by atoms with van der Waals surface area (Å²) in [6.45, 7) is 4.76. The van der Waals surface area contributed by atoms with E-state index in [-0.39, 0.29) is 11.8 Å². The van der Waals surface area contributed by atoms with E-state index in [4.69, 9.17) is 0 Å². The Morgan fingerprint density at radius 3 is 3.06 bits per heavy atom. The summed E-state index contributed by atoms with van der Waals surface area (Å²) in [4.78, 5) is 17.5. The van der Waals surface area contributed by atoms with Gasteiger partial charge in [0.25, 0.3) is 0 Å². The van der Waals surface area contributed by atoms with E-state index in [1.165, 1.54) is 4.88 Å². The molecule has 5 heteroatoms. The average molecular weight is 265 g/mol. The van der Waals surface area contributed by atoms with Crippen LogP contribution in [-0.2, 0) is 11.3 Å². The number of carbonyl (C=O) groups is 1. The van der Waals surface area contributed by atoms with Gasteiger partial charge in [-0.2, -0.15) is 0 Å². The smallest absolute Gasteiger partial charge is 0.223 e. The monoisotopic (exact) mass is 265 g/mol. The van der Waals surface area contributed by atoms with Crippen LogP contribution in [0, 0.1) is 18.3 Å². The third kappa shape index (κ3) is 2.17. The molecule has 1 aromatic heterocycles. The van der Waals surface area contributed by atoms with Crippen LogP contribution in [0.15, 0.2) is 5.51 Å². The molecule has 1 atom stereocenters. The Labute approximate surface area is 111 Å².